The minimum absolute atomic E-state index is 0.347. The van der Waals surface area contributed by atoms with E-state index in [2.05, 4.69) is 10.5 Å². The molecular weight excluding hydrogens is 323 g/mol. The average Bonchev–Trinajstić information content (AvgIpc) is 2.51. The number of hydrazone groups is 1. The number of benzene rings is 2. The number of amides is 1. The van der Waals surface area contributed by atoms with Gasteiger partial charge in [0.2, 0.25) is 0 Å². The Morgan fingerprint density at radius 3 is 2.23 bits per heavy atom. The van der Waals surface area contributed by atoms with Gasteiger partial charge in [-0.15, -0.1) is 0 Å². The van der Waals surface area contributed by atoms with Gasteiger partial charge in [-0.2, -0.15) is 5.10 Å². The first kappa shape index (κ1) is 16.3. The maximum Gasteiger partial charge on any atom is 0.280 e. The first-order chi connectivity index (χ1) is 10.5. The van der Waals surface area contributed by atoms with Gasteiger partial charge in [-0.25, -0.2) is 5.43 Å². The third-order valence-corrected chi connectivity index (χ3v) is 3.26. The molecule has 0 fully saturated rings. The van der Waals surface area contributed by atoms with Crippen LogP contribution in [0.4, 0.5) is 0 Å². The van der Waals surface area contributed by atoms with Crippen molar-refractivity contribution >= 4 is 35.3 Å². The van der Waals surface area contributed by atoms with Crippen LogP contribution in [0.2, 0.25) is 10.0 Å². The van der Waals surface area contributed by atoms with Crippen LogP contribution in [-0.4, -0.2) is 18.2 Å². The van der Waals surface area contributed by atoms with Crippen LogP contribution in [0.1, 0.15) is 12.5 Å². The van der Waals surface area contributed by atoms with Crippen LogP contribution in [0.25, 0.3) is 0 Å². The number of nitrogens with one attached hydrogen (secondary N) is 1. The van der Waals surface area contributed by atoms with Gasteiger partial charge in [0.05, 0.1) is 6.21 Å². The molecule has 2 rings (SSSR count). The number of nitrogens with zero attached hydrogens (tertiary/aromatic N) is 1. The molecular formula is C16H14Cl2N2O2. The highest BCUT2D eigenvalue weighted by atomic mass is 35.5. The molecule has 0 aliphatic carbocycles. The lowest BCUT2D eigenvalue weighted by molar-refractivity contribution is -0.127. The maximum absolute atomic E-state index is 11.9. The van der Waals surface area contributed by atoms with Gasteiger partial charge >= 0.3 is 0 Å². The molecule has 4 nitrogen and oxygen atoms in total. The van der Waals surface area contributed by atoms with Crippen LogP contribution >= 0.6 is 23.2 Å². The zero-order valence-electron chi connectivity index (χ0n) is 11.8. The summed E-state index contributed by atoms with van der Waals surface area (Å²) in [6.45, 7) is 1.64. The van der Waals surface area contributed by atoms with Gasteiger partial charge in [-0.05, 0) is 48.9 Å². The van der Waals surface area contributed by atoms with Crippen LogP contribution in [0, 0.1) is 0 Å². The molecule has 0 saturated heterocycles. The zero-order chi connectivity index (χ0) is 15.9. The number of hydrogen-bond donors (Lipinski definition) is 1. The highest BCUT2D eigenvalue weighted by Gasteiger charge is 2.13. The molecule has 2 aromatic carbocycles. The largest absolute Gasteiger partial charge is 0.481 e. The molecule has 1 amide bonds. The molecule has 0 aromatic heterocycles. The van der Waals surface area contributed by atoms with Crippen LogP contribution in [-0.2, 0) is 4.79 Å². The van der Waals surface area contributed by atoms with E-state index in [9.17, 15) is 4.79 Å². The van der Waals surface area contributed by atoms with Gasteiger partial charge in [0.15, 0.2) is 6.10 Å². The van der Waals surface area contributed by atoms with E-state index in [1.807, 2.05) is 0 Å². The van der Waals surface area contributed by atoms with Crippen LogP contribution in [0.5, 0.6) is 5.75 Å². The van der Waals surface area contributed by atoms with Gasteiger partial charge in [-0.1, -0.05) is 35.3 Å². The molecule has 22 heavy (non-hydrogen) atoms. The van der Waals surface area contributed by atoms with E-state index in [1.54, 1.807) is 55.5 Å². The molecule has 114 valence electrons. The van der Waals surface area contributed by atoms with E-state index in [4.69, 9.17) is 27.9 Å². The van der Waals surface area contributed by atoms with Gasteiger partial charge in [0.25, 0.3) is 5.91 Å². The summed E-state index contributed by atoms with van der Waals surface area (Å²) in [6, 6.07) is 13.9. The maximum atomic E-state index is 11.9. The topological polar surface area (TPSA) is 50.7 Å². The van der Waals surface area contributed by atoms with Crippen molar-refractivity contribution in [2.75, 3.05) is 0 Å². The molecule has 1 atom stereocenters. The SMILES string of the molecule is C[C@@H](Oc1ccc(Cl)cc1)C(=O)N/N=C/c1ccc(Cl)cc1. The van der Waals surface area contributed by atoms with Gasteiger partial charge in [0.1, 0.15) is 5.75 Å². The smallest absolute Gasteiger partial charge is 0.280 e. The number of carbonyl (C=O) groups excluding carboxylic acids is 1. The summed E-state index contributed by atoms with van der Waals surface area (Å²) in [6.07, 6.45) is 0.854. The van der Waals surface area contributed by atoms with Crippen molar-refractivity contribution in [3.05, 3.63) is 64.1 Å². The summed E-state index contributed by atoms with van der Waals surface area (Å²) < 4.78 is 5.49. The van der Waals surface area contributed by atoms with Crippen LogP contribution in [0.15, 0.2) is 53.6 Å². The Morgan fingerprint density at radius 2 is 1.64 bits per heavy atom. The monoisotopic (exact) mass is 336 g/mol. The second-order valence-electron chi connectivity index (χ2n) is 4.50. The summed E-state index contributed by atoms with van der Waals surface area (Å²) in [5, 5.41) is 5.13. The number of halogens is 2. The minimum atomic E-state index is -0.677. The van der Waals surface area contributed by atoms with E-state index in [0.29, 0.717) is 15.8 Å². The quantitative estimate of drug-likeness (QED) is 0.664. The Balaban J connectivity index is 1.85. The normalized spacial score (nSPS) is 12.1. The van der Waals surface area contributed by atoms with Crippen LogP contribution < -0.4 is 10.2 Å². The molecule has 0 aliphatic heterocycles. The van der Waals surface area contributed by atoms with Gasteiger partial charge < -0.3 is 4.74 Å². The summed E-state index contributed by atoms with van der Waals surface area (Å²) >= 11 is 11.6. The molecule has 2 aromatic rings. The molecule has 0 saturated carbocycles. The van der Waals surface area contributed by atoms with Crippen molar-refractivity contribution in [1.82, 2.24) is 5.43 Å². The molecule has 0 unspecified atom stereocenters. The lowest BCUT2D eigenvalue weighted by Crippen LogP contribution is -2.33. The summed E-state index contributed by atoms with van der Waals surface area (Å²) in [5.74, 6) is 0.217. The number of carbonyl (C=O) groups is 1. The average molecular weight is 337 g/mol. The Hall–Kier alpha value is -2.04. The van der Waals surface area contributed by atoms with Crippen LogP contribution in [0.3, 0.4) is 0 Å². The number of ether oxygens (including phenoxy) is 1. The summed E-state index contributed by atoms with van der Waals surface area (Å²) in [5.41, 5.74) is 3.25. The van der Waals surface area contributed by atoms with Gasteiger partial charge in [0, 0.05) is 10.0 Å². The zero-order valence-corrected chi connectivity index (χ0v) is 13.3. The standard InChI is InChI=1S/C16H14Cl2N2O2/c1-11(22-15-8-6-14(18)7-9-15)16(21)20-19-10-12-2-4-13(17)5-3-12/h2-11H,1H3,(H,20,21)/b19-10+/t11-/m1/s1. The van der Waals surface area contributed by atoms with E-state index in [-0.39, 0.29) is 5.91 Å². The predicted molar refractivity (Wildman–Crippen MR) is 88.7 cm³/mol. The molecule has 0 bridgehead atoms. The fourth-order valence-electron chi connectivity index (χ4n) is 1.58. The van der Waals surface area contributed by atoms with Gasteiger partial charge in [-0.3, -0.25) is 4.79 Å². The second kappa shape index (κ2) is 7.82. The van der Waals surface area contributed by atoms with Crippen molar-refractivity contribution in [3.63, 3.8) is 0 Å². The first-order valence-electron chi connectivity index (χ1n) is 6.55. The van der Waals surface area contributed by atoms with E-state index in [1.165, 1.54) is 6.21 Å². The molecule has 0 aliphatic rings. The third-order valence-electron chi connectivity index (χ3n) is 2.75. The highest BCUT2D eigenvalue weighted by molar-refractivity contribution is 6.30. The first-order valence-corrected chi connectivity index (χ1v) is 7.31. The molecule has 1 N–H and O–H groups in total. The fourth-order valence-corrected chi connectivity index (χ4v) is 1.83. The van der Waals surface area contributed by atoms with Crippen molar-refractivity contribution in [2.24, 2.45) is 5.10 Å². The van der Waals surface area contributed by atoms with Crippen molar-refractivity contribution < 1.29 is 9.53 Å². The molecule has 0 spiro atoms. The predicted octanol–water partition coefficient (Wildman–Crippen LogP) is 3.91. The van der Waals surface area contributed by atoms with Crippen molar-refractivity contribution in [3.8, 4) is 5.75 Å². The third kappa shape index (κ3) is 5.06. The number of hydrogen-bond acceptors (Lipinski definition) is 3. The minimum Gasteiger partial charge on any atom is -0.481 e. The molecule has 0 heterocycles. The summed E-state index contributed by atoms with van der Waals surface area (Å²) in [7, 11) is 0. The Bertz CT molecular complexity index is 655. The lowest BCUT2D eigenvalue weighted by atomic mass is 10.2. The van der Waals surface area contributed by atoms with Crippen molar-refractivity contribution in [2.45, 2.75) is 13.0 Å². The van der Waals surface area contributed by atoms with Crippen molar-refractivity contribution in [1.29, 1.82) is 0 Å². The Labute approximate surface area is 138 Å². The molecule has 6 heteroatoms. The van der Waals surface area contributed by atoms with E-state index >= 15 is 0 Å². The summed E-state index contributed by atoms with van der Waals surface area (Å²) in [4.78, 5) is 11.9. The Morgan fingerprint density at radius 1 is 1.09 bits per heavy atom. The fraction of sp³-hybridized carbons (Fsp3) is 0.125. The van der Waals surface area contributed by atoms with E-state index in [0.717, 1.165) is 5.56 Å². The lowest BCUT2D eigenvalue weighted by Gasteiger charge is -2.12. The second-order valence-corrected chi connectivity index (χ2v) is 5.37. The molecule has 0 radical (unpaired) electrons. The highest BCUT2D eigenvalue weighted by Crippen LogP contribution is 2.16. The number of rotatable bonds is 5. The van der Waals surface area contributed by atoms with E-state index < -0.39 is 6.10 Å². The Kier molecular flexibility index (Phi) is 5.81.